The van der Waals surface area contributed by atoms with Crippen LogP contribution in [0.2, 0.25) is 0 Å². The minimum atomic E-state index is 0.295. The monoisotopic (exact) mass is 543 g/mol. The number of thiazole rings is 1. The molecule has 0 bridgehead atoms. The molecule has 0 saturated carbocycles. The van der Waals surface area contributed by atoms with Crippen molar-refractivity contribution in [2.75, 3.05) is 26.2 Å². The van der Waals surface area contributed by atoms with Gasteiger partial charge in [-0.05, 0) is 23.3 Å². The van der Waals surface area contributed by atoms with E-state index in [1.54, 1.807) is 11.3 Å². The van der Waals surface area contributed by atoms with E-state index in [1.165, 1.54) is 16.0 Å². The van der Waals surface area contributed by atoms with Crippen molar-refractivity contribution >= 4 is 32.2 Å². The maximum Gasteiger partial charge on any atom is 0.216 e. The van der Waals surface area contributed by atoms with Gasteiger partial charge >= 0.3 is 0 Å². The van der Waals surface area contributed by atoms with Gasteiger partial charge in [0, 0.05) is 53.8 Å². The molecule has 35 heavy (non-hydrogen) atoms. The highest BCUT2D eigenvalue weighted by Gasteiger charge is 2.26. The van der Waals surface area contributed by atoms with Crippen molar-refractivity contribution in [3.8, 4) is 11.4 Å². The van der Waals surface area contributed by atoms with E-state index in [9.17, 15) is 0 Å². The number of aromatic nitrogens is 3. The first-order valence-electron chi connectivity index (χ1n) is 11.9. The molecule has 3 aromatic carbocycles. The van der Waals surface area contributed by atoms with Crippen molar-refractivity contribution in [2.24, 2.45) is 0 Å². The molecule has 5 aromatic rings. The first-order valence-corrected chi connectivity index (χ1v) is 13.5. The minimum Gasteiger partial charge on any atom is -0.296 e. The third kappa shape index (κ3) is 4.82. The van der Waals surface area contributed by atoms with Gasteiger partial charge in [0.2, 0.25) is 4.96 Å². The van der Waals surface area contributed by atoms with Gasteiger partial charge in [0.05, 0.1) is 6.04 Å². The average molecular weight is 545 g/mol. The summed E-state index contributed by atoms with van der Waals surface area (Å²) >= 11 is 5.24. The zero-order valence-electron chi connectivity index (χ0n) is 19.3. The van der Waals surface area contributed by atoms with Crippen LogP contribution in [0.5, 0.6) is 0 Å². The zero-order chi connectivity index (χ0) is 23.6. The largest absolute Gasteiger partial charge is 0.296 e. The Morgan fingerprint density at radius 1 is 0.771 bits per heavy atom. The smallest absolute Gasteiger partial charge is 0.216 e. The van der Waals surface area contributed by atoms with Gasteiger partial charge < -0.3 is 0 Å². The lowest BCUT2D eigenvalue weighted by atomic mass is 9.96. The standard InChI is InChI=1S/C28H26BrN5S/c29-24-13-11-23(12-14-24)27-30-31-28-34(27)20-25(35-28)19-32-15-17-33(18-16-32)26(21-7-3-1-4-8-21)22-9-5-2-6-10-22/h1-14,20,26H,15-19H2. The van der Waals surface area contributed by atoms with Crippen LogP contribution in [0.3, 0.4) is 0 Å². The second kappa shape index (κ2) is 10.0. The van der Waals surface area contributed by atoms with Crippen molar-refractivity contribution in [1.82, 2.24) is 24.4 Å². The molecule has 0 unspecified atom stereocenters. The Labute approximate surface area is 217 Å². The van der Waals surface area contributed by atoms with E-state index in [2.05, 4.69) is 119 Å². The Morgan fingerprint density at radius 3 is 2.03 bits per heavy atom. The summed E-state index contributed by atoms with van der Waals surface area (Å²) in [7, 11) is 0. The molecular weight excluding hydrogens is 518 g/mol. The molecule has 0 N–H and O–H groups in total. The zero-order valence-corrected chi connectivity index (χ0v) is 21.7. The summed E-state index contributed by atoms with van der Waals surface area (Å²) in [5.41, 5.74) is 3.80. The summed E-state index contributed by atoms with van der Waals surface area (Å²) in [5.74, 6) is 0.897. The number of nitrogens with zero attached hydrogens (tertiary/aromatic N) is 5. The van der Waals surface area contributed by atoms with Crippen LogP contribution in [0.15, 0.2) is 95.6 Å². The number of rotatable bonds is 6. The third-order valence-corrected chi connectivity index (χ3v) is 8.13. The number of halogens is 1. The van der Waals surface area contributed by atoms with Crippen molar-refractivity contribution in [1.29, 1.82) is 0 Å². The van der Waals surface area contributed by atoms with Gasteiger partial charge in [0.25, 0.3) is 0 Å². The van der Waals surface area contributed by atoms with Crippen molar-refractivity contribution in [3.05, 3.63) is 112 Å². The van der Waals surface area contributed by atoms with Gasteiger partial charge in [-0.15, -0.1) is 10.2 Å². The van der Waals surface area contributed by atoms with Gasteiger partial charge in [-0.2, -0.15) is 0 Å². The third-order valence-electron chi connectivity index (χ3n) is 6.64. The molecule has 2 aromatic heterocycles. The van der Waals surface area contributed by atoms with Crippen LogP contribution in [0.1, 0.15) is 22.0 Å². The molecule has 3 heterocycles. The van der Waals surface area contributed by atoms with Gasteiger partial charge in [-0.25, -0.2) is 0 Å². The molecule has 0 radical (unpaired) electrons. The topological polar surface area (TPSA) is 36.7 Å². The number of hydrogen-bond donors (Lipinski definition) is 0. The van der Waals surface area contributed by atoms with E-state index in [0.29, 0.717) is 6.04 Å². The molecule has 5 nitrogen and oxygen atoms in total. The average Bonchev–Trinajstić information content (AvgIpc) is 3.48. The predicted octanol–water partition coefficient (Wildman–Crippen LogP) is 6.13. The Morgan fingerprint density at radius 2 is 1.40 bits per heavy atom. The van der Waals surface area contributed by atoms with Crippen LogP contribution in [0, 0.1) is 0 Å². The number of benzene rings is 3. The van der Waals surface area contributed by atoms with Gasteiger partial charge in [-0.3, -0.25) is 14.2 Å². The Balaban J connectivity index is 1.16. The number of hydrogen-bond acceptors (Lipinski definition) is 5. The SMILES string of the molecule is Brc1ccc(-c2nnc3sc(CN4CCN(C(c5ccccc5)c5ccccc5)CC4)cn23)cc1. The lowest BCUT2D eigenvalue weighted by Gasteiger charge is -2.39. The summed E-state index contributed by atoms with van der Waals surface area (Å²) < 4.78 is 3.19. The summed E-state index contributed by atoms with van der Waals surface area (Å²) in [6, 6.07) is 30.3. The van der Waals surface area contributed by atoms with Gasteiger partial charge in [-0.1, -0.05) is 100 Å². The molecule has 7 heteroatoms. The maximum absolute atomic E-state index is 4.43. The molecule has 0 spiro atoms. The molecule has 176 valence electrons. The van der Waals surface area contributed by atoms with E-state index in [1.807, 2.05) is 12.1 Å². The van der Waals surface area contributed by atoms with E-state index < -0.39 is 0 Å². The highest BCUT2D eigenvalue weighted by molar-refractivity contribution is 9.10. The molecule has 0 aliphatic carbocycles. The van der Waals surface area contributed by atoms with E-state index in [4.69, 9.17) is 0 Å². The van der Waals surface area contributed by atoms with Crippen LogP contribution < -0.4 is 0 Å². The van der Waals surface area contributed by atoms with Crippen LogP contribution in [-0.4, -0.2) is 50.6 Å². The number of piperazine rings is 1. The summed E-state index contributed by atoms with van der Waals surface area (Å²) in [6.45, 7) is 5.14. The van der Waals surface area contributed by atoms with Crippen molar-refractivity contribution < 1.29 is 0 Å². The second-order valence-electron chi connectivity index (χ2n) is 8.92. The second-order valence-corrected chi connectivity index (χ2v) is 10.9. The van der Waals surface area contributed by atoms with Crippen LogP contribution >= 0.6 is 27.3 Å². The van der Waals surface area contributed by atoms with E-state index in [-0.39, 0.29) is 0 Å². The fourth-order valence-electron chi connectivity index (χ4n) is 4.90. The number of fused-ring (bicyclic) bond motifs is 1. The summed E-state index contributed by atoms with van der Waals surface area (Å²) in [6.07, 6.45) is 2.21. The predicted molar refractivity (Wildman–Crippen MR) is 146 cm³/mol. The molecule has 1 fully saturated rings. The van der Waals surface area contributed by atoms with E-state index in [0.717, 1.165) is 53.5 Å². The fraction of sp³-hybridized carbons (Fsp3) is 0.214. The first kappa shape index (κ1) is 22.6. The molecule has 1 aliphatic rings. The maximum atomic E-state index is 4.43. The highest BCUT2D eigenvalue weighted by atomic mass is 79.9. The van der Waals surface area contributed by atoms with Crippen LogP contribution in [0.25, 0.3) is 16.3 Å². The normalized spacial score (nSPS) is 15.3. The quantitative estimate of drug-likeness (QED) is 0.258. The Kier molecular flexibility index (Phi) is 6.48. The Hall–Kier alpha value is -2.84. The van der Waals surface area contributed by atoms with Crippen LogP contribution in [0.4, 0.5) is 0 Å². The Bertz CT molecular complexity index is 1350. The molecule has 6 rings (SSSR count). The highest BCUT2D eigenvalue weighted by Crippen LogP contribution is 2.30. The summed E-state index contributed by atoms with van der Waals surface area (Å²) in [5, 5.41) is 8.84. The molecular formula is C28H26BrN5S. The van der Waals surface area contributed by atoms with Gasteiger partial charge in [0.1, 0.15) is 0 Å². The molecule has 0 amide bonds. The van der Waals surface area contributed by atoms with E-state index >= 15 is 0 Å². The van der Waals surface area contributed by atoms with Crippen molar-refractivity contribution in [2.45, 2.75) is 12.6 Å². The lowest BCUT2D eigenvalue weighted by Crippen LogP contribution is -2.47. The van der Waals surface area contributed by atoms with Gasteiger partial charge in [0.15, 0.2) is 5.82 Å². The lowest BCUT2D eigenvalue weighted by molar-refractivity contribution is 0.105. The fourth-order valence-corrected chi connectivity index (χ4v) is 6.13. The summed E-state index contributed by atoms with van der Waals surface area (Å²) in [4.78, 5) is 7.45. The first-order chi connectivity index (χ1) is 17.2. The van der Waals surface area contributed by atoms with Crippen LogP contribution in [-0.2, 0) is 6.54 Å². The minimum absolute atomic E-state index is 0.295. The molecule has 1 aliphatic heterocycles. The van der Waals surface area contributed by atoms with Crippen molar-refractivity contribution in [3.63, 3.8) is 0 Å². The molecule has 1 saturated heterocycles. The molecule has 0 atom stereocenters.